The van der Waals surface area contributed by atoms with Crippen LogP contribution in [0, 0.1) is 0 Å². The van der Waals surface area contributed by atoms with E-state index in [-0.39, 0.29) is 10.8 Å². The van der Waals surface area contributed by atoms with Crippen molar-refractivity contribution >= 4 is 64.6 Å². The highest BCUT2D eigenvalue weighted by Gasteiger charge is 2.62. The molecule has 0 atom stereocenters. The fraction of sp³-hybridized carbons (Fsp3) is 0.154. The number of hydrogen-bond donors (Lipinski definition) is 0. The molecule has 2 fully saturated rings. The minimum atomic E-state index is 0.205. The Morgan fingerprint density at radius 2 is 0.654 bits per heavy atom. The van der Waals surface area contributed by atoms with Gasteiger partial charge in [0.1, 0.15) is 0 Å². The van der Waals surface area contributed by atoms with Crippen LogP contribution in [0.4, 0.5) is 0 Å². The first-order valence-corrected chi connectivity index (χ1v) is 19.3. The van der Waals surface area contributed by atoms with E-state index in [1.165, 1.54) is 137 Å². The lowest BCUT2D eigenvalue weighted by molar-refractivity contribution is 0.299. The summed E-state index contributed by atoms with van der Waals surface area (Å²) in [5.41, 5.74) is 12.0. The zero-order valence-corrected chi connectivity index (χ0v) is 29.1. The molecule has 244 valence electrons. The van der Waals surface area contributed by atoms with Gasteiger partial charge in [0, 0.05) is 10.8 Å². The third-order valence-electron chi connectivity index (χ3n) is 14.4. The first kappa shape index (κ1) is 27.9. The van der Waals surface area contributed by atoms with E-state index < -0.39 is 0 Å². The number of rotatable bonds is 2. The zero-order valence-electron chi connectivity index (χ0n) is 29.1. The Hall–Kier alpha value is -5.72. The maximum atomic E-state index is 2.64. The standard InChI is InChI=1S/C52H36/c1-5-31-9-11-35-13-19-39(43-23-15-33(7-1)47(31)49(35)43)37-17-21-41-42-22-18-38(30-46(42)52-27-3-25-51(52,26-4-28-52)45(41)29-37)40-20-14-36-12-10-32-6-2-8-34-16-24-44(40)50(36)48(32)34/h1-2,5-24,29-30H,3-4,25-28H2. The van der Waals surface area contributed by atoms with Crippen LogP contribution in [0.5, 0.6) is 0 Å². The predicted octanol–water partition coefficient (Wildman–Crippen LogP) is 14.3. The average molecular weight is 661 g/mol. The van der Waals surface area contributed by atoms with Crippen molar-refractivity contribution in [1.82, 2.24) is 0 Å². The van der Waals surface area contributed by atoms with Crippen molar-refractivity contribution in [2.75, 3.05) is 0 Å². The highest BCUT2D eigenvalue weighted by atomic mass is 14.6. The Morgan fingerprint density at radius 3 is 1.08 bits per heavy atom. The molecule has 3 aliphatic rings. The number of benzene rings is 10. The molecule has 10 aromatic rings. The molecule has 0 spiro atoms. The van der Waals surface area contributed by atoms with Gasteiger partial charge >= 0.3 is 0 Å². The van der Waals surface area contributed by atoms with Crippen molar-refractivity contribution in [1.29, 1.82) is 0 Å². The molecule has 0 amide bonds. The Morgan fingerprint density at radius 1 is 0.308 bits per heavy atom. The minimum absolute atomic E-state index is 0.205. The van der Waals surface area contributed by atoms with Gasteiger partial charge in [0.15, 0.2) is 0 Å². The van der Waals surface area contributed by atoms with E-state index in [4.69, 9.17) is 0 Å². The summed E-state index contributed by atoms with van der Waals surface area (Å²) in [6, 6.07) is 56.6. The summed E-state index contributed by atoms with van der Waals surface area (Å²) in [4.78, 5) is 0. The Kier molecular flexibility index (Phi) is 5.15. The Labute approximate surface area is 303 Å². The molecule has 0 nitrogen and oxygen atoms in total. The Balaban J connectivity index is 1.03. The molecule has 0 saturated heterocycles. The highest BCUT2D eigenvalue weighted by molar-refractivity contribution is 6.26. The molecule has 0 heterocycles. The van der Waals surface area contributed by atoms with Gasteiger partial charge in [0.2, 0.25) is 0 Å². The monoisotopic (exact) mass is 660 g/mol. The van der Waals surface area contributed by atoms with Gasteiger partial charge in [-0.2, -0.15) is 0 Å². The largest absolute Gasteiger partial charge is 0.0610 e. The van der Waals surface area contributed by atoms with Gasteiger partial charge in [-0.05, 0) is 147 Å². The minimum Gasteiger partial charge on any atom is -0.0610 e. The van der Waals surface area contributed by atoms with Gasteiger partial charge in [-0.25, -0.2) is 0 Å². The van der Waals surface area contributed by atoms with Crippen molar-refractivity contribution in [2.45, 2.75) is 49.4 Å². The molecule has 0 N–H and O–H groups in total. The highest BCUT2D eigenvalue weighted by Crippen LogP contribution is 2.69. The molecule has 2 saturated carbocycles. The van der Waals surface area contributed by atoms with Crippen molar-refractivity contribution in [3.05, 3.63) is 157 Å². The first-order valence-electron chi connectivity index (χ1n) is 19.3. The second-order valence-corrected chi connectivity index (χ2v) is 16.3. The van der Waals surface area contributed by atoms with E-state index in [0.717, 1.165) is 0 Å². The molecule has 13 rings (SSSR count). The average Bonchev–Trinajstić information content (AvgIpc) is 3.78. The van der Waals surface area contributed by atoms with Crippen LogP contribution in [0.25, 0.3) is 98.0 Å². The van der Waals surface area contributed by atoms with E-state index >= 15 is 0 Å². The van der Waals surface area contributed by atoms with Gasteiger partial charge in [-0.1, -0.05) is 146 Å². The molecule has 0 bridgehead atoms. The van der Waals surface area contributed by atoms with Crippen LogP contribution in [0.15, 0.2) is 146 Å². The summed E-state index contributed by atoms with van der Waals surface area (Å²) in [7, 11) is 0. The van der Waals surface area contributed by atoms with Gasteiger partial charge in [-0.15, -0.1) is 0 Å². The molecular weight excluding hydrogens is 625 g/mol. The summed E-state index contributed by atoms with van der Waals surface area (Å²) in [6.07, 6.45) is 7.80. The third-order valence-corrected chi connectivity index (χ3v) is 14.4. The summed E-state index contributed by atoms with van der Waals surface area (Å²) in [5, 5.41) is 16.3. The van der Waals surface area contributed by atoms with Crippen LogP contribution in [0.1, 0.15) is 49.7 Å². The smallest absolute Gasteiger partial charge is 0.00564 e. The van der Waals surface area contributed by atoms with Crippen LogP contribution in [-0.2, 0) is 10.8 Å². The molecule has 3 aliphatic carbocycles. The molecular formula is C52H36. The van der Waals surface area contributed by atoms with Crippen LogP contribution in [-0.4, -0.2) is 0 Å². The second kappa shape index (κ2) is 9.58. The van der Waals surface area contributed by atoms with Gasteiger partial charge in [-0.3, -0.25) is 0 Å². The fourth-order valence-electron chi connectivity index (χ4n) is 12.3. The SMILES string of the molecule is c1cc2ccc3ccc(-c4ccc5c(c4)C46CCCC4(CCC6)c4cc(-c6ccc7ccc8cccc9ccc6c7c89)ccc4-5)c4ccc(c1)c2c34. The maximum absolute atomic E-state index is 2.64. The molecule has 0 radical (unpaired) electrons. The van der Waals surface area contributed by atoms with Crippen molar-refractivity contribution in [3.8, 4) is 33.4 Å². The van der Waals surface area contributed by atoms with Crippen molar-refractivity contribution < 1.29 is 0 Å². The van der Waals surface area contributed by atoms with Gasteiger partial charge < -0.3 is 0 Å². The lowest BCUT2D eigenvalue weighted by Gasteiger charge is -2.48. The van der Waals surface area contributed by atoms with Crippen LogP contribution < -0.4 is 0 Å². The van der Waals surface area contributed by atoms with Crippen LogP contribution in [0.2, 0.25) is 0 Å². The normalized spacial score (nSPS) is 20.8. The fourth-order valence-corrected chi connectivity index (χ4v) is 12.3. The lowest BCUT2D eigenvalue weighted by Crippen LogP contribution is -2.43. The molecule has 10 aromatic carbocycles. The van der Waals surface area contributed by atoms with E-state index in [9.17, 15) is 0 Å². The summed E-state index contributed by atoms with van der Waals surface area (Å²) < 4.78 is 0. The molecule has 52 heavy (non-hydrogen) atoms. The number of fused-ring (bicyclic) bond motifs is 3. The van der Waals surface area contributed by atoms with Crippen molar-refractivity contribution in [3.63, 3.8) is 0 Å². The van der Waals surface area contributed by atoms with Crippen molar-refractivity contribution in [2.24, 2.45) is 0 Å². The van der Waals surface area contributed by atoms with E-state index in [1.54, 1.807) is 11.1 Å². The third kappa shape index (κ3) is 3.27. The van der Waals surface area contributed by atoms with Crippen LogP contribution in [0.3, 0.4) is 0 Å². The predicted molar refractivity (Wildman–Crippen MR) is 221 cm³/mol. The van der Waals surface area contributed by atoms with Crippen LogP contribution >= 0.6 is 0 Å². The second-order valence-electron chi connectivity index (χ2n) is 16.3. The summed E-state index contributed by atoms with van der Waals surface area (Å²) in [5.74, 6) is 0. The maximum Gasteiger partial charge on any atom is 0.00564 e. The van der Waals surface area contributed by atoms with Gasteiger partial charge in [0.05, 0.1) is 0 Å². The molecule has 0 unspecified atom stereocenters. The molecule has 0 heteroatoms. The van der Waals surface area contributed by atoms with Gasteiger partial charge in [0.25, 0.3) is 0 Å². The quantitative estimate of drug-likeness (QED) is 0.162. The summed E-state index contributed by atoms with van der Waals surface area (Å²) in [6.45, 7) is 0. The van der Waals surface area contributed by atoms with E-state index in [1.807, 2.05) is 0 Å². The molecule has 0 aliphatic heterocycles. The van der Waals surface area contributed by atoms with E-state index in [0.29, 0.717) is 0 Å². The summed E-state index contributed by atoms with van der Waals surface area (Å²) >= 11 is 0. The molecule has 0 aromatic heterocycles. The van der Waals surface area contributed by atoms with E-state index in [2.05, 4.69) is 146 Å². The zero-order chi connectivity index (χ0) is 33.8. The first-order chi connectivity index (χ1) is 25.7. The topological polar surface area (TPSA) is 0 Å². The Bertz CT molecular complexity index is 2890. The lowest BCUT2D eigenvalue weighted by atomic mass is 9.55. The number of hydrogen-bond acceptors (Lipinski definition) is 0.